The van der Waals surface area contributed by atoms with Crippen molar-refractivity contribution in [3.8, 4) is 0 Å². The van der Waals surface area contributed by atoms with Crippen molar-refractivity contribution in [2.45, 2.75) is 24.9 Å². The van der Waals surface area contributed by atoms with Crippen molar-refractivity contribution < 1.29 is 9.90 Å². The maximum Gasteiger partial charge on any atom is 0.323 e. The van der Waals surface area contributed by atoms with E-state index in [1.807, 2.05) is 30.3 Å². The summed E-state index contributed by atoms with van der Waals surface area (Å²) in [7, 11) is 0. The number of nitrogens with one attached hydrogen (secondary N) is 1. The van der Waals surface area contributed by atoms with Crippen LogP contribution in [0.15, 0.2) is 30.3 Å². The van der Waals surface area contributed by atoms with Gasteiger partial charge in [0.2, 0.25) is 0 Å². The van der Waals surface area contributed by atoms with Crippen LogP contribution in [0, 0.1) is 0 Å². The van der Waals surface area contributed by atoms with Gasteiger partial charge in [0.05, 0.1) is 0 Å². The monoisotopic (exact) mass is 251 g/mol. The summed E-state index contributed by atoms with van der Waals surface area (Å²) in [5.41, 5.74) is 11.1. The molecule has 0 aromatic heterocycles. The molecule has 5 heteroatoms. The molecule has 0 atom stereocenters. The predicted octanol–water partition coefficient (Wildman–Crippen LogP) is 0.297. The highest BCUT2D eigenvalue weighted by molar-refractivity contribution is 5.78. The minimum Gasteiger partial charge on any atom is -0.480 e. The van der Waals surface area contributed by atoms with Crippen LogP contribution in [0.25, 0.3) is 0 Å². The molecule has 1 aromatic carbocycles. The Morgan fingerprint density at radius 1 is 1.28 bits per heavy atom. The van der Waals surface area contributed by atoms with Crippen molar-refractivity contribution in [3.63, 3.8) is 0 Å². The number of aliphatic carboxylic acids is 1. The van der Waals surface area contributed by atoms with Gasteiger partial charge in [-0.25, -0.2) is 0 Å². The second-order valence-electron chi connectivity index (χ2n) is 4.40. The molecule has 1 aromatic rings. The molecule has 18 heavy (non-hydrogen) atoms. The number of hydrogen-bond donors (Lipinski definition) is 4. The van der Waals surface area contributed by atoms with Gasteiger partial charge in [-0.15, -0.1) is 0 Å². The standard InChI is InChI=1S/C7H9N.C6H12N2O2/c8-6-7-4-2-1-3-5-7;7-6(5(9)10)1-3-8-4-2-6/h1-5H,6,8H2;8H,1-4,7H2,(H,9,10). The normalized spacial score (nSPS) is 17.4. The van der Waals surface area contributed by atoms with Gasteiger partial charge in [0.25, 0.3) is 0 Å². The van der Waals surface area contributed by atoms with Gasteiger partial charge >= 0.3 is 5.97 Å². The Labute approximate surface area is 107 Å². The smallest absolute Gasteiger partial charge is 0.323 e. The minimum atomic E-state index is -0.967. The second kappa shape index (κ2) is 7.10. The van der Waals surface area contributed by atoms with Crippen LogP contribution in [0.2, 0.25) is 0 Å². The third-order valence-electron chi connectivity index (χ3n) is 3.00. The van der Waals surface area contributed by atoms with Crippen LogP contribution in [0.4, 0.5) is 0 Å². The minimum absolute atomic E-state index is 0.530. The third-order valence-corrected chi connectivity index (χ3v) is 3.00. The lowest BCUT2D eigenvalue weighted by atomic mass is 9.90. The Balaban J connectivity index is 0.000000184. The van der Waals surface area contributed by atoms with Crippen molar-refractivity contribution in [1.82, 2.24) is 5.32 Å². The molecule has 0 spiro atoms. The number of rotatable bonds is 2. The predicted molar refractivity (Wildman–Crippen MR) is 71.0 cm³/mol. The molecule has 1 aliphatic rings. The highest BCUT2D eigenvalue weighted by atomic mass is 16.4. The quantitative estimate of drug-likeness (QED) is 0.605. The zero-order chi connectivity index (χ0) is 13.4. The number of piperidine rings is 1. The van der Waals surface area contributed by atoms with Gasteiger partial charge in [0.15, 0.2) is 0 Å². The molecule has 0 unspecified atom stereocenters. The molecule has 0 radical (unpaired) electrons. The maximum atomic E-state index is 10.5. The Morgan fingerprint density at radius 2 is 1.83 bits per heavy atom. The van der Waals surface area contributed by atoms with Crippen LogP contribution >= 0.6 is 0 Å². The Bertz CT molecular complexity index is 362. The highest BCUT2D eigenvalue weighted by Gasteiger charge is 2.34. The average Bonchev–Trinajstić information content (AvgIpc) is 2.41. The molecule has 1 heterocycles. The van der Waals surface area contributed by atoms with Crippen LogP contribution in [0.1, 0.15) is 18.4 Å². The van der Waals surface area contributed by atoms with Gasteiger partial charge in [0.1, 0.15) is 5.54 Å². The Morgan fingerprint density at radius 3 is 2.17 bits per heavy atom. The molecule has 0 saturated carbocycles. The number of carboxylic acid groups (broad SMARTS) is 1. The zero-order valence-electron chi connectivity index (χ0n) is 10.4. The van der Waals surface area contributed by atoms with E-state index in [9.17, 15) is 4.79 Å². The first-order valence-electron chi connectivity index (χ1n) is 6.05. The molecule has 0 bridgehead atoms. The lowest BCUT2D eigenvalue weighted by Crippen LogP contribution is -2.54. The van der Waals surface area contributed by atoms with E-state index < -0.39 is 11.5 Å². The van der Waals surface area contributed by atoms with Crippen molar-refractivity contribution in [1.29, 1.82) is 0 Å². The summed E-state index contributed by atoms with van der Waals surface area (Å²) in [4.78, 5) is 10.5. The topological polar surface area (TPSA) is 101 Å². The van der Waals surface area contributed by atoms with Gasteiger partial charge in [-0.05, 0) is 31.5 Å². The molecule has 1 aliphatic heterocycles. The van der Waals surface area contributed by atoms with Gasteiger partial charge in [-0.2, -0.15) is 0 Å². The van der Waals surface area contributed by atoms with Crippen molar-refractivity contribution in [3.05, 3.63) is 35.9 Å². The summed E-state index contributed by atoms with van der Waals surface area (Å²) >= 11 is 0. The number of hydrogen-bond acceptors (Lipinski definition) is 4. The molecular formula is C13H21N3O2. The summed E-state index contributed by atoms with van der Waals surface area (Å²) in [6, 6.07) is 9.99. The summed E-state index contributed by atoms with van der Waals surface area (Å²) in [6.07, 6.45) is 1.06. The highest BCUT2D eigenvalue weighted by Crippen LogP contribution is 2.14. The zero-order valence-corrected chi connectivity index (χ0v) is 10.4. The lowest BCUT2D eigenvalue weighted by Gasteiger charge is -2.29. The van der Waals surface area contributed by atoms with Crippen LogP contribution in [-0.4, -0.2) is 29.7 Å². The van der Waals surface area contributed by atoms with Crippen molar-refractivity contribution >= 4 is 5.97 Å². The van der Waals surface area contributed by atoms with Gasteiger partial charge in [-0.3, -0.25) is 4.79 Å². The first kappa shape index (κ1) is 14.6. The fourth-order valence-electron chi connectivity index (χ4n) is 1.70. The molecule has 6 N–H and O–H groups in total. The van der Waals surface area contributed by atoms with Crippen LogP contribution < -0.4 is 16.8 Å². The van der Waals surface area contributed by atoms with Crippen molar-refractivity contribution in [2.24, 2.45) is 11.5 Å². The summed E-state index contributed by atoms with van der Waals surface area (Å²) in [5, 5.41) is 11.7. The molecule has 100 valence electrons. The van der Waals surface area contributed by atoms with Gasteiger partial charge in [0, 0.05) is 6.54 Å². The second-order valence-corrected chi connectivity index (χ2v) is 4.40. The van der Waals surface area contributed by atoms with Gasteiger partial charge in [-0.1, -0.05) is 30.3 Å². The molecule has 0 aliphatic carbocycles. The van der Waals surface area contributed by atoms with Crippen LogP contribution in [0.5, 0.6) is 0 Å². The first-order valence-corrected chi connectivity index (χ1v) is 6.05. The molecule has 1 fully saturated rings. The van der Waals surface area contributed by atoms with Crippen molar-refractivity contribution in [2.75, 3.05) is 13.1 Å². The first-order chi connectivity index (χ1) is 8.58. The van der Waals surface area contributed by atoms with E-state index >= 15 is 0 Å². The Kier molecular flexibility index (Phi) is 5.77. The largest absolute Gasteiger partial charge is 0.480 e. The molecule has 0 amide bonds. The van der Waals surface area contributed by atoms with E-state index in [2.05, 4.69) is 5.32 Å². The molecular weight excluding hydrogens is 230 g/mol. The van der Waals surface area contributed by atoms with E-state index in [0.717, 1.165) is 0 Å². The van der Waals surface area contributed by atoms with E-state index in [1.165, 1.54) is 5.56 Å². The molecule has 5 nitrogen and oxygen atoms in total. The van der Waals surface area contributed by atoms with Crippen LogP contribution in [0.3, 0.4) is 0 Å². The van der Waals surface area contributed by atoms with Crippen LogP contribution in [-0.2, 0) is 11.3 Å². The number of benzene rings is 1. The van der Waals surface area contributed by atoms with E-state index in [0.29, 0.717) is 32.5 Å². The maximum absolute atomic E-state index is 10.5. The number of nitrogens with two attached hydrogens (primary N) is 2. The lowest BCUT2D eigenvalue weighted by molar-refractivity contribution is -0.144. The fraction of sp³-hybridized carbons (Fsp3) is 0.462. The van der Waals surface area contributed by atoms with Gasteiger partial charge < -0.3 is 21.9 Å². The number of carbonyl (C=O) groups is 1. The molecule has 1 saturated heterocycles. The van der Waals surface area contributed by atoms with E-state index in [1.54, 1.807) is 0 Å². The fourth-order valence-corrected chi connectivity index (χ4v) is 1.70. The Hall–Kier alpha value is -1.43. The van der Waals surface area contributed by atoms with E-state index in [-0.39, 0.29) is 0 Å². The molecule has 2 rings (SSSR count). The third kappa shape index (κ3) is 4.44. The number of carboxylic acids is 1. The SMILES string of the molecule is NC1(C(=O)O)CCNCC1.NCc1ccccc1. The summed E-state index contributed by atoms with van der Waals surface area (Å²) in [5.74, 6) is -0.881. The summed E-state index contributed by atoms with van der Waals surface area (Å²) < 4.78 is 0. The summed E-state index contributed by atoms with van der Waals surface area (Å²) in [6.45, 7) is 2.06. The van der Waals surface area contributed by atoms with E-state index in [4.69, 9.17) is 16.6 Å². The average molecular weight is 251 g/mol.